The zero-order chi connectivity index (χ0) is 19.8. The number of esters is 1. The summed E-state index contributed by atoms with van der Waals surface area (Å²) in [5.41, 5.74) is 0.576. The van der Waals surface area contributed by atoms with Crippen LogP contribution in [0.1, 0.15) is 36.3 Å². The molecule has 27 heavy (non-hydrogen) atoms. The molecule has 0 aliphatic heterocycles. The van der Waals surface area contributed by atoms with E-state index in [1.807, 2.05) is 19.1 Å². The van der Waals surface area contributed by atoms with Crippen molar-refractivity contribution < 1.29 is 19.1 Å². The minimum atomic E-state index is -0.996. The number of hydrogen-bond donors (Lipinski definition) is 1. The van der Waals surface area contributed by atoms with Crippen molar-refractivity contribution in [1.29, 1.82) is 0 Å². The van der Waals surface area contributed by atoms with Crippen molar-refractivity contribution in [2.45, 2.75) is 39.5 Å². The van der Waals surface area contributed by atoms with Crippen molar-refractivity contribution in [2.24, 2.45) is 0 Å². The van der Waals surface area contributed by atoms with E-state index in [2.05, 4.69) is 10.4 Å². The molecular weight excluding hydrogens is 350 g/mol. The summed E-state index contributed by atoms with van der Waals surface area (Å²) in [6, 6.07) is 9.80. The molecular formula is C19H23N3O5. The van der Waals surface area contributed by atoms with Crippen LogP contribution in [-0.4, -0.2) is 34.9 Å². The number of rotatable bonds is 8. The summed E-state index contributed by atoms with van der Waals surface area (Å²) in [7, 11) is 1.58. The molecule has 1 amide bonds. The van der Waals surface area contributed by atoms with E-state index >= 15 is 0 Å². The second-order valence-electron chi connectivity index (χ2n) is 5.89. The Balaban J connectivity index is 1.92. The highest BCUT2D eigenvalue weighted by molar-refractivity contribution is 5.90. The van der Waals surface area contributed by atoms with Gasteiger partial charge in [-0.15, -0.1) is 0 Å². The van der Waals surface area contributed by atoms with E-state index < -0.39 is 18.0 Å². The van der Waals surface area contributed by atoms with Crippen molar-refractivity contribution in [3.8, 4) is 5.75 Å². The van der Waals surface area contributed by atoms with Crippen LogP contribution < -0.4 is 15.6 Å². The number of carbonyl (C=O) groups is 2. The van der Waals surface area contributed by atoms with Crippen molar-refractivity contribution in [1.82, 2.24) is 15.1 Å². The fourth-order valence-corrected chi connectivity index (χ4v) is 2.28. The Morgan fingerprint density at radius 2 is 1.89 bits per heavy atom. The van der Waals surface area contributed by atoms with E-state index in [9.17, 15) is 14.4 Å². The highest BCUT2D eigenvalue weighted by Crippen LogP contribution is 2.11. The monoisotopic (exact) mass is 373 g/mol. The summed E-state index contributed by atoms with van der Waals surface area (Å²) >= 11 is 0. The van der Waals surface area contributed by atoms with E-state index in [1.54, 1.807) is 19.2 Å². The molecule has 1 aromatic carbocycles. The van der Waals surface area contributed by atoms with Crippen molar-refractivity contribution in [2.75, 3.05) is 7.11 Å². The van der Waals surface area contributed by atoms with Crippen molar-refractivity contribution >= 4 is 11.9 Å². The number of amides is 1. The summed E-state index contributed by atoms with van der Waals surface area (Å²) in [6.07, 6.45) is -0.292. The van der Waals surface area contributed by atoms with E-state index in [4.69, 9.17) is 9.47 Å². The van der Waals surface area contributed by atoms with Crippen LogP contribution in [0, 0.1) is 0 Å². The summed E-state index contributed by atoms with van der Waals surface area (Å²) in [4.78, 5) is 36.0. The molecule has 0 spiro atoms. The van der Waals surface area contributed by atoms with Crippen LogP contribution in [0.4, 0.5) is 0 Å². The third kappa shape index (κ3) is 5.67. The summed E-state index contributed by atoms with van der Waals surface area (Å²) in [5, 5.41) is 6.67. The van der Waals surface area contributed by atoms with Crippen molar-refractivity contribution in [3.63, 3.8) is 0 Å². The first-order chi connectivity index (χ1) is 12.9. The second kappa shape index (κ2) is 9.51. The minimum absolute atomic E-state index is 0.0159. The Labute approximate surface area is 157 Å². The summed E-state index contributed by atoms with van der Waals surface area (Å²) < 4.78 is 11.4. The number of nitrogens with zero attached hydrogens (tertiary/aromatic N) is 2. The van der Waals surface area contributed by atoms with Crippen molar-refractivity contribution in [3.05, 3.63) is 58.0 Å². The molecule has 8 heteroatoms. The fraction of sp³-hybridized carbons (Fsp3) is 0.368. The molecule has 1 atom stereocenters. The van der Waals surface area contributed by atoms with E-state index in [0.29, 0.717) is 19.5 Å². The Kier molecular flexibility index (Phi) is 7.10. The number of carbonyl (C=O) groups excluding carboxylic acids is 2. The van der Waals surface area contributed by atoms with Gasteiger partial charge in [0.05, 0.1) is 7.11 Å². The molecule has 0 bridgehead atoms. The van der Waals surface area contributed by atoms with Gasteiger partial charge in [-0.1, -0.05) is 19.1 Å². The molecule has 0 saturated heterocycles. The number of aryl methyl sites for hydroxylation is 1. The molecule has 1 unspecified atom stereocenters. The first-order valence-electron chi connectivity index (χ1n) is 8.64. The quantitative estimate of drug-likeness (QED) is 0.705. The molecule has 144 valence electrons. The Hall–Kier alpha value is -3.16. The zero-order valence-corrected chi connectivity index (χ0v) is 15.6. The number of hydrogen-bond acceptors (Lipinski definition) is 6. The Bertz CT molecular complexity index is 845. The van der Waals surface area contributed by atoms with Gasteiger partial charge in [-0.3, -0.25) is 9.59 Å². The molecule has 0 radical (unpaired) electrons. The highest BCUT2D eigenvalue weighted by atomic mass is 16.5. The predicted molar refractivity (Wildman–Crippen MR) is 98.5 cm³/mol. The van der Waals surface area contributed by atoms with E-state index in [1.165, 1.54) is 23.7 Å². The largest absolute Gasteiger partial charge is 0.497 e. The van der Waals surface area contributed by atoms with Crippen LogP contribution >= 0.6 is 0 Å². The molecule has 2 aromatic rings. The number of benzene rings is 1. The van der Waals surface area contributed by atoms with Gasteiger partial charge < -0.3 is 14.8 Å². The van der Waals surface area contributed by atoms with Gasteiger partial charge >= 0.3 is 5.97 Å². The lowest BCUT2D eigenvalue weighted by Crippen LogP contribution is -2.36. The van der Waals surface area contributed by atoms with Crippen LogP contribution in [0.2, 0.25) is 0 Å². The molecule has 2 rings (SSSR count). The maximum absolute atomic E-state index is 12.2. The minimum Gasteiger partial charge on any atom is -0.497 e. The van der Waals surface area contributed by atoms with Gasteiger partial charge in [0.15, 0.2) is 11.8 Å². The van der Waals surface area contributed by atoms with Gasteiger partial charge in [0.1, 0.15) is 5.75 Å². The van der Waals surface area contributed by atoms with Gasteiger partial charge in [-0.05, 0) is 37.1 Å². The SMILES string of the molecule is CCCn1nc(C(=O)OC(C)C(=O)NCc2ccc(OC)cc2)ccc1=O. The van der Waals surface area contributed by atoms with Gasteiger partial charge in [0, 0.05) is 19.2 Å². The maximum atomic E-state index is 12.2. The molecule has 1 N–H and O–H groups in total. The average Bonchev–Trinajstić information content (AvgIpc) is 2.68. The van der Waals surface area contributed by atoms with Gasteiger partial charge in [-0.2, -0.15) is 5.10 Å². The Morgan fingerprint density at radius 3 is 2.52 bits per heavy atom. The first-order valence-corrected chi connectivity index (χ1v) is 8.64. The zero-order valence-electron chi connectivity index (χ0n) is 15.6. The fourth-order valence-electron chi connectivity index (χ4n) is 2.28. The van der Waals surface area contributed by atoms with Gasteiger partial charge in [-0.25, -0.2) is 9.48 Å². The second-order valence-corrected chi connectivity index (χ2v) is 5.89. The van der Waals surface area contributed by atoms with Crippen LogP contribution in [0.5, 0.6) is 5.75 Å². The molecule has 0 saturated carbocycles. The average molecular weight is 373 g/mol. The normalized spacial score (nSPS) is 11.5. The van der Waals surface area contributed by atoms with E-state index in [0.717, 1.165) is 11.3 Å². The third-order valence-electron chi connectivity index (χ3n) is 3.79. The lowest BCUT2D eigenvalue weighted by atomic mass is 10.2. The predicted octanol–water partition coefficient (Wildman–Crippen LogP) is 1.52. The first kappa shape index (κ1) is 20.2. The molecule has 1 heterocycles. The van der Waals surface area contributed by atoms with E-state index in [-0.39, 0.29) is 11.3 Å². The number of ether oxygens (including phenoxy) is 2. The lowest BCUT2D eigenvalue weighted by molar-refractivity contribution is -0.129. The lowest BCUT2D eigenvalue weighted by Gasteiger charge is -2.14. The Morgan fingerprint density at radius 1 is 1.19 bits per heavy atom. The summed E-state index contributed by atoms with van der Waals surface area (Å²) in [5.74, 6) is -0.461. The smallest absolute Gasteiger partial charge is 0.359 e. The molecule has 0 fully saturated rings. The number of methoxy groups -OCH3 is 1. The van der Waals surface area contributed by atoms with Gasteiger partial charge in [0.2, 0.25) is 0 Å². The molecule has 0 aliphatic carbocycles. The van der Waals surface area contributed by atoms with Crippen LogP contribution in [0.15, 0.2) is 41.2 Å². The highest BCUT2D eigenvalue weighted by Gasteiger charge is 2.20. The maximum Gasteiger partial charge on any atom is 0.359 e. The van der Waals surface area contributed by atoms with Gasteiger partial charge in [0.25, 0.3) is 11.5 Å². The van der Waals surface area contributed by atoms with Crippen LogP contribution in [0.25, 0.3) is 0 Å². The van der Waals surface area contributed by atoms with Crippen LogP contribution in [0.3, 0.4) is 0 Å². The molecule has 1 aromatic heterocycles. The third-order valence-corrected chi connectivity index (χ3v) is 3.79. The summed E-state index contributed by atoms with van der Waals surface area (Å²) in [6.45, 7) is 4.07. The standard InChI is InChI=1S/C19H23N3O5/c1-4-11-22-17(23)10-9-16(21-22)19(25)27-13(2)18(24)20-12-14-5-7-15(26-3)8-6-14/h5-10,13H,4,11-12H2,1-3H3,(H,20,24). The number of nitrogens with one attached hydrogen (secondary N) is 1. The van der Waals surface area contributed by atoms with Crippen LogP contribution in [-0.2, 0) is 22.6 Å². The molecule has 0 aliphatic rings. The number of aromatic nitrogens is 2. The topological polar surface area (TPSA) is 99.5 Å². The molecule has 8 nitrogen and oxygen atoms in total.